The van der Waals surface area contributed by atoms with Crippen molar-refractivity contribution in [2.75, 3.05) is 5.32 Å². The third-order valence-electron chi connectivity index (χ3n) is 5.69. The molecule has 3 N–H and O–H groups in total. The van der Waals surface area contributed by atoms with Crippen LogP contribution >= 0.6 is 0 Å². The molecule has 0 aromatic heterocycles. The molecule has 10 heteroatoms. The Hall–Kier alpha value is -3.14. The maximum absolute atomic E-state index is 14.6. The van der Waals surface area contributed by atoms with Gasteiger partial charge in [-0.3, -0.25) is 4.79 Å². The Morgan fingerprint density at radius 1 is 0.882 bits per heavy atom. The molecular weight excluding hydrogens is 465 g/mol. The topological polar surface area (TPSA) is 55.1 Å². The molecule has 1 amide bonds. The molecule has 0 saturated carbocycles. The van der Waals surface area contributed by atoms with E-state index < -0.39 is 29.5 Å². The molecule has 0 aliphatic carbocycles. The van der Waals surface area contributed by atoms with Gasteiger partial charge in [-0.15, -0.1) is 0 Å². The smallest absolute Gasteiger partial charge is 0.326 e. The molecule has 0 aliphatic rings. The van der Waals surface area contributed by atoms with E-state index in [-0.39, 0.29) is 35.3 Å². The van der Waals surface area contributed by atoms with E-state index in [0.717, 1.165) is 10.9 Å². The number of hydrogen-bond acceptors (Lipinski definition) is 2. The van der Waals surface area contributed by atoms with Gasteiger partial charge < -0.3 is 11.1 Å². The van der Waals surface area contributed by atoms with Crippen molar-refractivity contribution in [2.24, 2.45) is 5.73 Å². The second-order valence-corrected chi connectivity index (χ2v) is 7.81. The number of anilines is 1. The van der Waals surface area contributed by atoms with Gasteiger partial charge in [-0.1, -0.05) is 43.3 Å². The summed E-state index contributed by atoms with van der Waals surface area (Å²) in [7, 11) is 0. The van der Waals surface area contributed by atoms with Gasteiger partial charge in [0.2, 0.25) is 0 Å². The summed E-state index contributed by atoms with van der Waals surface area (Å²) in [5, 5.41) is 3.89. The third-order valence-corrected chi connectivity index (χ3v) is 5.69. The Morgan fingerprint density at radius 2 is 1.47 bits per heavy atom. The van der Waals surface area contributed by atoms with E-state index in [1.165, 1.54) is 19.9 Å². The zero-order valence-corrected chi connectivity index (χ0v) is 18.2. The van der Waals surface area contributed by atoms with Crippen molar-refractivity contribution >= 4 is 22.4 Å². The van der Waals surface area contributed by atoms with E-state index in [2.05, 4.69) is 5.32 Å². The molecule has 0 spiro atoms. The van der Waals surface area contributed by atoms with Gasteiger partial charge in [-0.05, 0) is 52.9 Å². The Kier molecular flexibility index (Phi) is 6.67. The Balaban J connectivity index is 2.10. The average molecular weight is 486 g/mol. The van der Waals surface area contributed by atoms with Crippen LogP contribution in [-0.2, 0) is 18.6 Å². The van der Waals surface area contributed by atoms with Crippen LogP contribution in [0.15, 0.2) is 48.5 Å². The lowest BCUT2D eigenvalue weighted by molar-refractivity contribution is -0.348. The minimum absolute atomic E-state index is 0.0231. The summed E-state index contributed by atoms with van der Waals surface area (Å²) in [5.74, 6) is -0.622. The lowest BCUT2D eigenvalue weighted by Crippen LogP contribution is -2.50. The molecule has 3 nitrogen and oxygen atoms in total. The van der Waals surface area contributed by atoms with Crippen LogP contribution in [0.4, 0.5) is 36.4 Å². The minimum Gasteiger partial charge on any atom is -0.326 e. The van der Waals surface area contributed by atoms with E-state index in [1.54, 1.807) is 30.3 Å². The van der Waals surface area contributed by atoms with Crippen molar-refractivity contribution in [1.82, 2.24) is 0 Å². The van der Waals surface area contributed by atoms with Crippen LogP contribution in [0, 0.1) is 6.92 Å². The Morgan fingerprint density at radius 3 is 2.00 bits per heavy atom. The highest BCUT2D eigenvalue weighted by Gasteiger charge is 2.73. The summed E-state index contributed by atoms with van der Waals surface area (Å²) in [6.45, 7) is 2.91. The first-order valence-electron chi connectivity index (χ1n) is 10.2. The van der Waals surface area contributed by atoms with E-state index >= 15 is 0 Å². The zero-order valence-electron chi connectivity index (χ0n) is 18.2. The van der Waals surface area contributed by atoms with E-state index in [4.69, 9.17) is 5.73 Å². The quantitative estimate of drug-likeness (QED) is 0.394. The molecule has 0 heterocycles. The lowest BCUT2D eigenvalue weighted by atomic mass is 9.89. The fourth-order valence-electron chi connectivity index (χ4n) is 3.92. The number of carbonyl (C=O) groups is 1. The number of carbonyl (C=O) groups excluding carboxylic acids is 1. The number of rotatable bonds is 5. The SMILES string of the molecule is CCc1cc(C(F)(C(F)(F)F)C(F)(F)F)cc(C)c1NC(=O)c1ccc(CN)c2ccccc12. The maximum atomic E-state index is 14.6. The van der Waals surface area contributed by atoms with Gasteiger partial charge >= 0.3 is 18.0 Å². The first-order valence-corrected chi connectivity index (χ1v) is 10.2. The van der Waals surface area contributed by atoms with E-state index in [0.29, 0.717) is 17.5 Å². The molecule has 0 aliphatic heterocycles. The first kappa shape index (κ1) is 25.5. The van der Waals surface area contributed by atoms with Crippen LogP contribution in [0.2, 0.25) is 0 Å². The predicted molar refractivity (Wildman–Crippen MR) is 115 cm³/mol. The Labute approximate surface area is 190 Å². The third kappa shape index (κ3) is 4.22. The maximum Gasteiger partial charge on any atom is 0.435 e. The van der Waals surface area contributed by atoms with Crippen molar-refractivity contribution in [1.29, 1.82) is 0 Å². The molecule has 3 aromatic carbocycles. The fraction of sp³-hybridized carbons (Fsp3) is 0.292. The largest absolute Gasteiger partial charge is 0.435 e. The Bertz CT molecular complexity index is 1220. The number of fused-ring (bicyclic) bond motifs is 1. The van der Waals surface area contributed by atoms with Gasteiger partial charge in [-0.25, -0.2) is 4.39 Å². The van der Waals surface area contributed by atoms with Crippen molar-refractivity contribution in [3.8, 4) is 0 Å². The summed E-state index contributed by atoms with van der Waals surface area (Å²) in [5.41, 5.74) is -0.544. The monoisotopic (exact) mass is 486 g/mol. The van der Waals surface area contributed by atoms with Crippen LogP contribution in [0.5, 0.6) is 0 Å². The van der Waals surface area contributed by atoms with Crippen molar-refractivity contribution in [2.45, 2.75) is 44.8 Å². The van der Waals surface area contributed by atoms with Gasteiger partial charge in [0.1, 0.15) is 0 Å². The van der Waals surface area contributed by atoms with Crippen molar-refractivity contribution in [3.63, 3.8) is 0 Å². The number of nitrogens with two attached hydrogens (primary N) is 1. The zero-order chi connectivity index (χ0) is 25.5. The van der Waals surface area contributed by atoms with Crippen LogP contribution in [0.1, 0.15) is 39.5 Å². The molecule has 0 saturated heterocycles. The normalized spacial score (nSPS) is 12.8. The lowest BCUT2D eigenvalue weighted by Gasteiger charge is -2.31. The van der Waals surface area contributed by atoms with Gasteiger partial charge in [0.05, 0.1) is 0 Å². The number of hydrogen-bond donors (Lipinski definition) is 2. The van der Waals surface area contributed by atoms with Gasteiger partial charge in [0.15, 0.2) is 0 Å². The highest BCUT2D eigenvalue weighted by atomic mass is 19.4. The van der Waals surface area contributed by atoms with Gasteiger partial charge in [-0.2, -0.15) is 26.3 Å². The molecule has 0 bridgehead atoms. The van der Waals surface area contributed by atoms with Gasteiger partial charge in [0, 0.05) is 23.4 Å². The summed E-state index contributed by atoms with van der Waals surface area (Å²) in [4.78, 5) is 13.1. The summed E-state index contributed by atoms with van der Waals surface area (Å²) in [6, 6.07) is 11.1. The number of amides is 1. The predicted octanol–water partition coefficient (Wildman–Crippen LogP) is 6.71. The standard InChI is InChI=1S/C24H21F7N2O/c1-3-14-11-16(22(25,23(26,27)28)24(29,30)31)10-13(2)20(14)33-21(34)19-9-8-15(12-32)17-6-4-5-7-18(17)19/h4-11H,3,12,32H2,1-2H3,(H,33,34). The summed E-state index contributed by atoms with van der Waals surface area (Å²) in [6.07, 6.45) is -12.5. The van der Waals surface area contributed by atoms with Crippen LogP contribution in [0.25, 0.3) is 10.8 Å². The molecule has 3 rings (SSSR count). The molecule has 0 atom stereocenters. The van der Waals surface area contributed by atoms with Crippen LogP contribution < -0.4 is 11.1 Å². The molecule has 0 unspecified atom stereocenters. The fourth-order valence-corrected chi connectivity index (χ4v) is 3.92. The molecule has 0 radical (unpaired) electrons. The summed E-state index contributed by atoms with van der Waals surface area (Å²) < 4.78 is 93.9. The van der Waals surface area contributed by atoms with E-state index in [1.807, 2.05) is 0 Å². The number of alkyl halides is 7. The number of halogens is 7. The van der Waals surface area contributed by atoms with Crippen LogP contribution in [-0.4, -0.2) is 18.3 Å². The minimum atomic E-state index is -6.23. The second-order valence-electron chi connectivity index (χ2n) is 7.81. The van der Waals surface area contributed by atoms with Crippen molar-refractivity contribution < 1.29 is 35.5 Å². The number of benzene rings is 3. The van der Waals surface area contributed by atoms with Crippen LogP contribution in [0.3, 0.4) is 0 Å². The first-order chi connectivity index (χ1) is 15.8. The van der Waals surface area contributed by atoms with Gasteiger partial charge in [0.25, 0.3) is 5.91 Å². The molecule has 3 aromatic rings. The highest BCUT2D eigenvalue weighted by Crippen LogP contribution is 2.53. The molecular formula is C24H21F7N2O. The number of nitrogens with one attached hydrogen (secondary N) is 1. The molecule has 0 fully saturated rings. The molecule has 34 heavy (non-hydrogen) atoms. The highest BCUT2D eigenvalue weighted by molar-refractivity contribution is 6.13. The average Bonchev–Trinajstić information content (AvgIpc) is 2.77. The van der Waals surface area contributed by atoms with E-state index in [9.17, 15) is 35.5 Å². The second kappa shape index (κ2) is 8.90. The number of aryl methyl sites for hydroxylation is 2. The van der Waals surface area contributed by atoms with Crippen molar-refractivity contribution in [3.05, 3.63) is 76.3 Å². The molecule has 182 valence electrons. The summed E-state index contributed by atoms with van der Waals surface area (Å²) >= 11 is 0.